The molecular weight excluding hydrogens is 259 g/mol. The van der Waals surface area contributed by atoms with Gasteiger partial charge in [0.2, 0.25) is 0 Å². The first-order valence-corrected chi connectivity index (χ1v) is 8.28. The molecule has 1 saturated heterocycles. The minimum Gasteiger partial charge on any atom is -0.368 e. The van der Waals surface area contributed by atoms with Gasteiger partial charge in [-0.25, -0.2) is 4.39 Å². The first-order chi connectivity index (χ1) is 9.31. The van der Waals surface area contributed by atoms with Crippen molar-refractivity contribution in [2.24, 2.45) is 0 Å². The number of benzene rings is 1. The number of hydrogen-bond donors (Lipinski definition) is 1. The van der Waals surface area contributed by atoms with E-state index in [0.29, 0.717) is 0 Å². The van der Waals surface area contributed by atoms with Gasteiger partial charge in [-0.15, -0.1) is 0 Å². The summed E-state index contributed by atoms with van der Waals surface area (Å²) in [5.41, 5.74) is 1.79. The predicted octanol–water partition coefficient (Wildman–Crippen LogP) is 3.27. The number of rotatable bonds is 5. The van der Waals surface area contributed by atoms with Crippen molar-refractivity contribution in [3.8, 4) is 0 Å². The van der Waals surface area contributed by atoms with Gasteiger partial charge in [0.25, 0.3) is 0 Å². The Balaban J connectivity index is 2.01. The summed E-state index contributed by atoms with van der Waals surface area (Å²) in [6.45, 7) is 5.79. The number of halogens is 1. The molecule has 1 heterocycles. The lowest BCUT2D eigenvalue weighted by Gasteiger charge is -2.23. The molecule has 1 N–H and O–H groups in total. The first-order valence-electron chi connectivity index (χ1n) is 7.13. The van der Waals surface area contributed by atoms with Crippen LogP contribution in [0.15, 0.2) is 18.2 Å². The highest BCUT2D eigenvalue weighted by molar-refractivity contribution is 7.99. The highest BCUT2D eigenvalue weighted by atomic mass is 32.2. The molecule has 0 atom stereocenters. The normalized spacial score (nSPS) is 16.4. The molecule has 1 aliphatic heterocycles. The molecule has 4 heteroatoms. The number of hydrogen-bond acceptors (Lipinski definition) is 3. The Morgan fingerprint density at radius 2 is 2.21 bits per heavy atom. The quantitative estimate of drug-likeness (QED) is 0.835. The van der Waals surface area contributed by atoms with E-state index in [1.807, 2.05) is 23.9 Å². The summed E-state index contributed by atoms with van der Waals surface area (Å²) in [5, 5.41) is 3.30. The first kappa shape index (κ1) is 14.7. The molecule has 0 aromatic heterocycles. The lowest BCUT2D eigenvalue weighted by Crippen LogP contribution is -2.26. The van der Waals surface area contributed by atoms with E-state index >= 15 is 0 Å². The minimum absolute atomic E-state index is 0.0808. The maximum absolute atomic E-state index is 14.2. The minimum atomic E-state index is -0.0808. The van der Waals surface area contributed by atoms with Gasteiger partial charge in [-0.1, -0.05) is 13.0 Å². The van der Waals surface area contributed by atoms with Crippen molar-refractivity contribution < 1.29 is 4.39 Å². The molecule has 1 aromatic rings. The largest absolute Gasteiger partial charge is 0.368 e. The SMILES string of the molecule is CCCNCc1ccc(N2CCCSCC2)c(F)c1. The third-order valence-corrected chi connectivity index (χ3v) is 4.38. The fourth-order valence-corrected chi connectivity index (χ4v) is 3.20. The topological polar surface area (TPSA) is 15.3 Å². The molecule has 2 nitrogen and oxygen atoms in total. The van der Waals surface area contributed by atoms with Gasteiger partial charge in [0.1, 0.15) is 5.82 Å². The van der Waals surface area contributed by atoms with E-state index in [2.05, 4.69) is 17.1 Å². The number of thioether (sulfide) groups is 1. The Kier molecular flexibility index (Phi) is 5.98. The maximum atomic E-state index is 14.2. The van der Waals surface area contributed by atoms with Crippen LogP contribution in [0, 0.1) is 5.82 Å². The average Bonchev–Trinajstić information content (AvgIpc) is 2.68. The summed E-state index contributed by atoms with van der Waals surface area (Å²) < 4.78 is 14.2. The van der Waals surface area contributed by atoms with E-state index in [9.17, 15) is 4.39 Å². The fraction of sp³-hybridized carbons (Fsp3) is 0.600. The van der Waals surface area contributed by atoms with E-state index in [4.69, 9.17) is 0 Å². The van der Waals surface area contributed by atoms with Crippen LogP contribution in [0.25, 0.3) is 0 Å². The van der Waals surface area contributed by atoms with Crippen LogP contribution in [-0.2, 0) is 6.54 Å². The molecule has 0 spiro atoms. The summed E-state index contributed by atoms with van der Waals surface area (Å²) in [7, 11) is 0. The summed E-state index contributed by atoms with van der Waals surface area (Å²) in [5.74, 6) is 2.21. The Morgan fingerprint density at radius 1 is 1.32 bits per heavy atom. The molecule has 2 rings (SSSR count). The van der Waals surface area contributed by atoms with Crippen LogP contribution in [0.5, 0.6) is 0 Å². The molecule has 1 fully saturated rings. The second-order valence-corrected chi connectivity index (χ2v) is 6.14. The second kappa shape index (κ2) is 7.75. The molecule has 0 radical (unpaired) electrons. The number of nitrogens with zero attached hydrogens (tertiary/aromatic N) is 1. The molecule has 1 aliphatic rings. The molecule has 106 valence electrons. The Bertz CT molecular complexity index is 390. The summed E-state index contributed by atoms with van der Waals surface area (Å²) >= 11 is 1.96. The van der Waals surface area contributed by atoms with Crippen molar-refractivity contribution in [3.05, 3.63) is 29.6 Å². The lowest BCUT2D eigenvalue weighted by molar-refractivity contribution is 0.611. The van der Waals surface area contributed by atoms with E-state index in [0.717, 1.165) is 56.0 Å². The van der Waals surface area contributed by atoms with Gasteiger partial charge in [0.05, 0.1) is 5.69 Å². The third-order valence-electron chi connectivity index (χ3n) is 3.33. The Hall–Kier alpha value is -0.740. The van der Waals surface area contributed by atoms with Gasteiger partial charge in [-0.3, -0.25) is 0 Å². The van der Waals surface area contributed by atoms with E-state index in [1.54, 1.807) is 6.07 Å². The molecule has 0 saturated carbocycles. The molecule has 0 bridgehead atoms. The maximum Gasteiger partial charge on any atom is 0.146 e. The van der Waals surface area contributed by atoms with E-state index in [-0.39, 0.29) is 5.82 Å². The molecule has 1 aromatic carbocycles. The molecule has 0 aliphatic carbocycles. The zero-order valence-corrected chi connectivity index (χ0v) is 12.4. The monoisotopic (exact) mass is 282 g/mol. The van der Waals surface area contributed by atoms with Crippen LogP contribution in [0.2, 0.25) is 0 Å². The summed E-state index contributed by atoms with van der Waals surface area (Å²) in [6.07, 6.45) is 2.25. The van der Waals surface area contributed by atoms with Crippen molar-refractivity contribution in [2.75, 3.05) is 36.0 Å². The van der Waals surface area contributed by atoms with Crippen LogP contribution < -0.4 is 10.2 Å². The number of nitrogens with one attached hydrogen (secondary N) is 1. The van der Waals surface area contributed by atoms with E-state index in [1.165, 1.54) is 5.75 Å². The van der Waals surface area contributed by atoms with Crippen LogP contribution in [-0.4, -0.2) is 31.1 Å². The molecule has 0 unspecified atom stereocenters. The molecular formula is C15H23FN2S. The fourth-order valence-electron chi connectivity index (χ4n) is 2.31. The zero-order chi connectivity index (χ0) is 13.5. The van der Waals surface area contributed by atoms with Crippen molar-refractivity contribution in [1.29, 1.82) is 0 Å². The van der Waals surface area contributed by atoms with Gasteiger partial charge < -0.3 is 10.2 Å². The second-order valence-electron chi connectivity index (χ2n) is 4.92. The van der Waals surface area contributed by atoms with Gasteiger partial charge in [0, 0.05) is 25.4 Å². The highest BCUT2D eigenvalue weighted by Crippen LogP contribution is 2.23. The van der Waals surface area contributed by atoms with E-state index < -0.39 is 0 Å². The smallest absolute Gasteiger partial charge is 0.146 e. The molecule has 19 heavy (non-hydrogen) atoms. The van der Waals surface area contributed by atoms with Crippen LogP contribution in [0.4, 0.5) is 10.1 Å². The van der Waals surface area contributed by atoms with Gasteiger partial charge in [-0.2, -0.15) is 11.8 Å². The van der Waals surface area contributed by atoms with Crippen LogP contribution in [0.3, 0.4) is 0 Å². The lowest BCUT2D eigenvalue weighted by atomic mass is 10.1. The standard InChI is InChI=1S/C15H23FN2S/c1-2-6-17-12-13-4-5-15(14(16)11-13)18-7-3-9-19-10-8-18/h4-5,11,17H,2-3,6-10,12H2,1H3. The Labute approximate surface area is 119 Å². The molecule has 0 amide bonds. The average molecular weight is 282 g/mol. The van der Waals surface area contributed by atoms with Crippen molar-refractivity contribution in [2.45, 2.75) is 26.3 Å². The number of anilines is 1. The van der Waals surface area contributed by atoms with Crippen molar-refractivity contribution >= 4 is 17.4 Å². The van der Waals surface area contributed by atoms with Crippen molar-refractivity contribution in [3.63, 3.8) is 0 Å². The highest BCUT2D eigenvalue weighted by Gasteiger charge is 2.14. The third kappa shape index (κ3) is 4.39. The van der Waals surface area contributed by atoms with Crippen LogP contribution >= 0.6 is 11.8 Å². The zero-order valence-electron chi connectivity index (χ0n) is 11.6. The Morgan fingerprint density at radius 3 is 3.00 bits per heavy atom. The summed E-state index contributed by atoms with van der Waals surface area (Å²) in [6, 6.07) is 5.66. The van der Waals surface area contributed by atoms with Gasteiger partial charge >= 0.3 is 0 Å². The predicted molar refractivity (Wildman–Crippen MR) is 82.6 cm³/mol. The van der Waals surface area contributed by atoms with Crippen molar-refractivity contribution in [1.82, 2.24) is 5.32 Å². The van der Waals surface area contributed by atoms with Crippen LogP contribution in [0.1, 0.15) is 25.3 Å². The summed E-state index contributed by atoms with van der Waals surface area (Å²) in [4.78, 5) is 2.18. The van der Waals surface area contributed by atoms with Gasteiger partial charge in [-0.05, 0) is 42.8 Å². The van der Waals surface area contributed by atoms with Gasteiger partial charge in [0.15, 0.2) is 0 Å².